The van der Waals surface area contributed by atoms with Crippen molar-refractivity contribution in [1.29, 1.82) is 5.26 Å². The number of nitriles is 1. The monoisotopic (exact) mass is 228 g/mol. The molecule has 1 aliphatic heterocycles. The molecular formula is C13H17BN2O. The van der Waals surface area contributed by atoms with Gasteiger partial charge in [-0.1, -0.05) is 13.8 Å². The standard InChI is InChI=1S/C13H17BN2O/c1-12(2)9-14(17-13(12,3)4)11-5-10(6-15)7-16-8-11/h5,7-8H,9H2,1-4H3. The molecule has 0 aromatic carbocycles. The van der Waals surface area contributed by atoms with Crippen molar-refractivity contribution in [3.8, 4) is 6.07 Å². The van der Waals surface area contributed by atoms with Crippen LogP contribution in [0.1, 0.15) is 33.3 Å². The van der Waals surface area contributed by atoms with E-state index in [1.807, 2.05) is 6.07 Å². The predicted molar refractivity (Wildman–Crippen MR) is 68.1 cm³/mol. The van der Waals surface area contributed by atoms with E-state index in [-0.39, 0.29) is 17.9 Å². The van der Waals surface area contributed by atoms with Gasteiger partial charge in [0.25, 0.3) is 0 Å². The van der Waals surface area contributed by atoms with Crippen LogP contribution in [0, 0.1) is 16.7 Å². The largest absolute Gasteiger partial charge is 0.425 e. The van der Waals surface area contributed by atoms with Crippen molar-refractivity contribution in [2.75, 3.05) is 0 Å². The molecule has 3 nitrogen and oxygen atoms in total. The Kier molecular flexibility index (Phi) is 2.75. The van der Waals surface area contributed by atoms with Crippen molar-refractivity contribution in [1.82, 2.24) is 4.98 Å². The highest BCUT2D eigenvalue weighted by atomic mass is 16.5. The zero-order chi connectivity index (χ0) is 12.7. The van der Waals surface area contributed by atoms with Crippen LogP contribution in [0.5, 0.6) is 0 Å². The van der Waals surface area contributed by atoms with Crippen LogP contribution in [0.25, 0.3) is 0 Å². The normalized spacial score (nSPS) is 21.2. The van der Waals surface area contributed by atoms with Gasteiger partial charge in [0, 0.05) is 12.4 Å². The van der Waals surface area contributed by atoms with Gasteiger partial charge in [-0.2, -0.15) is 5.26 Å². The van der Waals surface area contributed by atoms with Crippen molar-refractivity contribution >= 4 is 12.4 Å². The summed E-state index contributed by atoms with van der Waals surface area (Å²) >= 11 is 0. The summed E-state index contributed by atoms with van der Waals surface area (Å²) < 4.78 is 6.10. The summed E-state index contributed by atoms with van der Waals surface area (Å²) in [5.74, 6) is 0. The number of rotatable bonds is 1. The highest BCUT2D eigenvalue weighted by Crippen LogP contribution is 2.44. The fraction of sp³-hybridized carbons (Fsp3) is 0.538. The zero-order valence-electron chi connectivity index (χ0n) is 10.8. The lowest BCUT2D eigenvalue weighted by molar-refractivity contribution is 0.0375. The summed E-state index contributed by atoms with van der Waals surface area (Å²) in [7, 11) is 0. The van der Waals surface area contributed by atoms with Crippen molar-refractivity contribution < 1.29 is 4.65 Å². The van der Waals surface area contributed by atoms with E-state index >= 15 is 0 Å². The molecule has 88 valence electrons. The molecule has 4 heteroatoms. The highest BCUT2D eigenvalue weighted by Gasteiger charge is 2.49. The van der Waals surface area contributed by atoms with E-state index in [0.717, 1.165) is 11.8 Å². The zero-order valence-corrected chi connectivity index (χ0v) is 10.8. The van der Waals surface area contributed by atoms with E-state index in [1.165, 1.54) is 0 Å². The number of aromatic nitrogens is 1. The minimum atomic E-state index is -0.152. The van der Waals surface area contributed by atoms with Gasteiger partial charge in [-0.25, -0.2) is 0 Å². The first-order chi connectivity index (χ1) is 7.86. The minimum absolute atomic E-state index is 0.0424. The first-order valence-corrected chi connectivity index (χ1v) is 5.89. The molecule has 2 rings (SSSR count). The van der Waals surface area contributed by atoms with Crippen LogP contribution in [-0.2, 0) is 4.65 Å². The fourth-order valence-electron chi connectivity index (χ4n) is 2.15. The molecule has 0 aliphatic carbocycles. The first-order valence-electron chi connectivity index (χ1n) is 5.89. The molecule has 1 aromatic heterocycles. The summed E-state index contributed by atoms with van der Waals surface area (Å²) in [4.78, 5) is 4.09. The van der Waals surface area contributed by atoms with Gasteiger partial charge in [-0.3, -0.25) is 4.98 Å². The van der Waals surface area contributed by atoms with E-state index in [4.69, 9.17) is 9.92 Å². The third-order valence-corrected chi connectivity index (χ3v) is 4.02. The molecule has 0 amide bonds. The number of pyridine rings is 1. The van der Waals surface area contributed by atoms with Crippen LogP contribution in [-0.4, -0.2) is 17.5 Å². The lowest BCUT2D eigenvalue weighted by Crippen LogP contribution is -2.36. The van der Waals surface area contributed by atoms with Crippen molar-refractivity contribution in [3.05, 3.63) is 24.0 Å². The van der Waals surface area contributed by atoms with Crippen molar-refractivity contribution in [2.24, 2.45) is 5.41 Å². The molecule has 0 spiro atoms. The smallest absolute Gasteiger partial charge is 0.329 e. The van der Waals surface area contributed by atoms with Gasteiger partial charge < -0.3 is 4.65 Å². The van der Waals surface area contributed by atoms with Crippen LogP contribution >= 0.6 is 0 Å². The Labute approximate surface area is 103 Å². The molecule has 0 unspecified atom stereocenters. The minimum Gasteiger partial charge on any atom is -0.425 e. The summed E-state index contributed by atoms with van der Waals surface area (Å²) in [6, 6.07) is 3.98. The summed E-state index contributed by atoms with van der Waals surface area (Å²) in [6.45, 7) is 8.72. The van der Waals surface area contributed by atoms with Gasteiger partial charge in [-0.05, 0) is 37.1 Å². The molecule has 1 saturated heterocycles. The lowest BCUT2D eigenvalue weighted by atomic mass is 9.54. The molecule has 17 heavy (non-hydrogen) atoms. The molecule has 0 saturated carbocycles. The molecule has 0 bridgehead atoms. The van der Waals surface area contributed by atoms with E-state index in [9.17, 15) is 0 Å². The van der Waals surface area contributed by atoms with Crippen LogP contribution in [0.3, 0.4) is 0 Å². The fourth-order valence-corrected chi connectivity index (χ4v) is 2.15. The number of nitrogens with zero attached hydrogens (tertiary/aromatic N) is 2. The molecule has 1 aromatic rings. The maximum Gasteiger partial charge on any atom is 0.329 e. The lowest BCUT2D eigenvalue weighted by Gasteiger charge is -2.34. The average Bonchev–Trinajstić information content (AvgIpc) is 2.48. The topological polar surface area (TPSA) is 45.9 Å². The Hall–Kier alpha value is -1.34. The molecule has 1 aliphatic rings. The van der Waals surface area contributed by atoms with E-state index in [1.54, 1.807) is 12.4 Å². The maximum atomic E-state index is 8.88. The molecule has 1 fully saturated rings. The Morgan fingerprint density at radius 1 is 1.35 bits per heavy atom. The Morgan fingerprint density at radius 2 is 2.06 bits per heavy atom. The van der Waals surface area contributed by atoms with Gasteiger partial charge in [-0.15, -0.1) is 0 Å². The summed E-state index contributed by atoms with van der Waals surface area (Å²) in [5, 5.41) is 8.88. The molecule has 0 radical (unpaired) electrons. The van der Waals surface area contributed by atoms with Crippen LogP contribution in [0.2, 0.25) is 6.32 Å². The van der Waals surface area contributed by atoms with Gasteiger partial charge in [0.05, 0.1) is 11.2 Å². The van der Waals surface area contributed by atoms with Crippen molar-refractivity contribution in [3.63, 3.8) is 0 Å². The van der Waals surface area contributed by atoms with E-state index < -0.39 is 0 Å². The van der Waals surface area contributed by atoms with Gasteiger partial charge >= 0.3 is 6.92 Å². The number of hydrogen-bond donors (Lipinski definition) is 0. The maximum absolute atomic E-state index is 8.88. The quantitative estimate of drug-likeness (QED) is 0.690. The first kappa shape index (κ1) is 12.1. The molecule has 2 heterocycles. The number of hydrogen-bond acceptors (Lipinski definition) is 3. The molecular weight excluding hydrogens is 211 g/mol. The summed E-state index contributed by atoms with van der Waals surface area (Å²) in [5.41, 5.74) is 1.57. The highest BCUT2D eigenvalue weighted by molar-refractivity contribution is 6.68. The average molecular weight is 228 g/mol. The van der Waals surface area contributed by atoms with Crippen LogP contribution < -0.4 is 5.46 Å². The predicted octanol–water partition coefficient (Wildman–Crippen LogP) is 1.99. The Balaban J connectivity index is 2.29. The summed E-state index contributed by atoms with van der Waals surface area (Å²) in [6.07, 6.45) is 4.33. The van der Waals surface area contributed by atoms with Gasteiger partial charge in [0.2, 0.25) is 0 Å². The van der Waals surface area contributed by atoms with Crippen LogP contribution in [0.15, 0.2) is 18.5 Å². The Morgan fingerprint density at radius 3 is 2.59 bits per heavy atom. The van der Waals surface area contributed by atoms with Gasteiger partial charge in [0.15, 0.2) is 0 Å². The van der Waals surface area contributed by atoms with Crippen molar-refractivity contribution in [2.45, 2.75) is 39.6 Å². The molecule has 0 atom stereocenters. The second kappa shape index (κ2) is 3.85. The second-order valence-electron chi connectivity index (χ2n) is 5.82. The van der Waals surface area contributed by atoms with Gasteiger partial charge in [0.1, 0.15) is 6.07 Å². The second-order valence-corrected chi connectivity index (χ2v) is 5.82. The Bertz CT molecular complexity index is 461. The van der Waals surface area contributed by atoms with E-state index in [2.05, 4.69) is 38.7 Å². The third kappa shape index (κ3) is 2.08. The van der Waals surface area contributed by atoms with Crippen LogP contribution in [0.4, 0.5) is 0 Å². The third-order valence-electron chi connectivity index (χ3n) is 4.02. The van der Waals surface area contributed by atoms with E-state index in [0.29, 0.717) is 5.56 Å². The SMILES string of the molecule is CC1(C)CB(c2cncc(C#N)c2)OC1(C)C. The molecule has 0 N–H and O–H groups in total.